The highest BCUT2D eigenvalue weighted by Crippen LogP contribution is 2.26. The van der Waals surface area contributed by atoms with Gasteiger partial charge in [0, 0.05) is 25.2 Å². The van der Waals surface area contributed by atoms with Crippen LogP contribution in [0.15, 0.2) is 41.3 Å². The third-order valence-corrected chi connectivity index (χ3v) is 3.55. The number of fused-ring (bicyclic) bond motifs is 1. The largest absolute Gasteiger partial charge is 0.493 e. The van der Waals surface area contributed by atoms with Crippen LogP contribution in [0.1, 0.15) is 16.7 Å². The topological polar surface area (TPSA) is 31.2 Å². The molecule has 0 radical (unpaired) electrons. The van der Waals surface area contributed by atoms with Crippen molar-refractivity contribution in [2.75, 3.05) is 6.61 Å². The van der Waals surface area contributed by atoms with Gasteiger partial charge in [0.1, 0.15) is 5.75 Å². The molecule has 2 heterocycles. The van der Waals surface area contributed by atoms with Crippen LogP contribution in [-0.4, -0.2) is 11.2 Å². The fourth-order valence-corrected chi connectivity index (χ4v) is 2.44. The van der Waals surface area contributed by atoms with Crippen molar-refractivity contribution in [1.29, 1.82) is 0 Å². The SMILES string of the molecule is Cc1ccn(CCc2ccc3c(c2)CCO3)c(=O)c1. The number of aryl methyl sites for hydroxylation is 3. The van der Waals surface area contributed by atoms with Gasteiger partial charge in [0.2, 0.25) is 0 Å². The standard InChI is InChI=1S/C16H17NO2/c1-12-4-7-17(16(18)10-12)8-5-13-2-3-15-14(11-13)6-9-19-15/h2-4,7,10-11H,5-6,8-9H2,1H3. The number of hydrogen-bond acceptors (Lipinski definition) is 2. The molecule has 3 nitrogen and oxygen atoms in total. The van der Waals surface area contributed by atoms with Crippen molar-refractivity contribution in [2.45, 2.75) is 26.3 Å². The van der Waals surface area contributed by atoms with Crippen LogP contribution in [0.4, 0.5) is 0 Å². The van der Waals surface area contributed by atoms with Crippen LogP contribution in [0.25, 0.3) is 0 Å². The van der Waals surface area contributed by atoms with Crippen LogP contribution in [0.3, 0.4) is 0 Å². The lowest BCUT2D eigenvalue weighted by Gasteiger charge is -2.07. The van der Waals surface area contributed by atoms with Crippen LogP contribution >= 0.6 is 0 Å². The summed E-state index contributed by atoms with van der Waals surface area (Å²) in [6, 6.07) is 9.97. The summed E-state index contributed by atoms with van der Waals surface area (Å²) in [6.45, 7) is 3.45. The molecule has 0 atom stereocenters. The van der Waals surface area contributed by atoms with Crippen LogP contribution in [0, 0.1) is 6.92 Å². The van der Waals surface area contributed by atoms with E-state index in [1.807, 2.05) is 25.3 Å². The summed E-state index contributed by atoms with van der Waals surface area (Å²) in [5.74, 6) is 1.01. The fraction of sp³-hybridized carbons (Fsp3) is 0.312. The van der Waals surface area contributed by atoms with Crippen molar-refractivity contribution in [1.82, 2.24) is 4.57 Å². The van der Waals surface area contributed by atoms with E-state index in [2.05, 4.69) is 12.1 Å². The van der Waals surface area contributed by atoms with Crippen molar-refractivity contribution >= 4 is 0 Å². The van der Waals surface area contributed by atoms with E-state index in [0.717, 1.165) is 37.3 Å². The minimum Gasteiger partial charge on any atom is -0.493 e. The molecule has 1 aliphatic heterocycles. The van der Waals surface area contributed by atoms with Crippen molar-refractivity contribution in [2.24, 2.45) is 0 Å². The number of benzene rings is 1. The summed E-state index contributed by atoms with van der Waals surface area (Å²) in [5.41, 5.74) is 3.63. The first kappa shape index (κ1) is 12.0. The second kappa shape index (κ2) is 4.92. The van der Waals surface area contributed by atoms with E-state index >= 15 is 0 Å². The molecular formula is C16H17NO2. The lowest BCUT2D eigenvalue weighted by Crippen LogP contribution is -2.19. The first-order valence-electron chi connectivity index (χ1n) is 6.64. The molecule has 19 heavy (non-hydrogen) atoms. The molecule has 1 aromatic carbocycles. The normalized spacial score (nSPS) is 13.1. The van der Waals surface area contributed by atoms with Crippen molar-refractivity contribution in [3.8, 4) is 5.75 Å². The number of rotatable bonds is 3. The molecule has 2 aromatic rings. The van der Waals surface area contributed by atoms with Gasteiger partial charge in [0.15, 0.2) is 0 Å². The first-order chi connectivity index (χ1) is 9.22. The zero-order valence-electron chi connectivity index (χ0n) is 11.1. The van der Waals surface area contributed by atoms with E-state index < -0.39 is 0 Å². The van der Waals surface area contributed by atoms with Gasteiger partial charge in [-0.2, -0.15) is 0 Å². The van der Waals surface area contributed by atoms with E-state index in [9.17, 15) is 4.79 Å². The van der Waals surface area contributed by atoms with E-state index in [4.69, 9.17) is 4.74 Å². The predicted molar refractivity (Wildman–Crippen MR) is 74.8 cm³/mol. The number of hydrogen-bond donors (Lipinski definition) is 0. The monoisotopic (exact) mass is 255 g/mol. The molecule has 0 aliphatic carbocycles. The summed E-state index contributed by atoms with van der Waals surface area (Å²) < 4.78 is 7.25. The van der Waals surface area contributed by atoms with Gasteiger partial charge in [-0.15, -0.1) is 0 Å². The molecule has 0 saturated heterocycles. The van der Waals surface area contributed by atoms with Gasteiger partial charge in [-0.3, -0.25) is 4.79 Å². The summed E-state index contributed by atoms with van der Waals surface area (Å²) >= 11 is 0. The summed E-state index contributed by atoms with van der Waals surface area (Å²) in [4.78, 5) is 11.8. The zero-order chi connectivity index (χ0) is 13.2. The summed E-state index contributed by atoms with van der Waals surface area (Å²) in [6.07, 6.45) is 3.73. The molecule has 1 aromatic heterocycles. The Hall–Kier alpha value is -2.03. The highest BCUT2D eigenvalue weighted by atomic mass is 16.5. The molecule has 98 valence electrons. The Morgan fingerprint density at radius 1 is 1.26 bits per heavy atom. The van der Waals surface area contributed by atoms with E-state index in [-0.39, 0.29) is 5.56 Å². The molecule has 0 spiro atoms. The average molecular weight is 255 g/mol. The van der Waals surface area contributed by atoms with Crippen molar-refractivity contribution < 1.29 is 4.74 Å². The Bertz CT molecular complexity index is 658. The molecule has 3 rings (SSSR count). The Kier molecular flexibility index (Phi) is 3.11. The average Bonchev–Trinajstić information content (AvgIpc) is 2.85. The lowest BCUT2D eigenvalue weighted by molar-refractivity contribution is 0.357. The van der Waals surface area contributed by atoms with Gasteiger partial charge in [-0.05, 0) is 42.2 Å². The molecule has 1 aliphatic rings. The Balaban J connectivity index is 1.74. The summed E-state index contributed by atoms with van der Waals surface area (Å²) in [5, 5.41) is 0. The zero-order valence-corrected chi connectivity index (χ0v) is 11.1. The second-order valence-corrected chi connectivity index (χ2v) is 5.03. The number of pyridine rings is 1. The number of ether oxygens (including phenoxy) is 1. The maximum Gasteiger partial charge on any atom is 0.250 e. The molecule has 0 unspecified atom stereocenters. The smallest absolute Gasteiger partial charge is 0.250 e. The van der Waals surface area contributed by atoms with Crippen LogP contribution in [0.2, 0.25) is 0 Å². The molecule has 3 heteroatoms. The van der Waals surface area contributed by atoms with Gasteiger partial charge in [-0.1, -0.05) is 12.1 Å². The van der Waals surface area contributed by atoms with E-state index in [1.54, 1.807) is 10.6 Å². The first-order valence-corrected chi connectivity index (χ1v) is 6.64. The summed E-state index contributed by atoms with van der Waals surface area (Å²) in [7, 11) is 0. The maximum atomic E-state index is 11.8. The minimum atomic E-state index is 0.0736. The molecule has 0 fully saturated rings. The maximum absolute atomic E-state index is 11.8. The van der Waals surface area contributed by atoms with E-state index in [0.29, 0.717) is 0 Å². The van der Waals surface area contributed by atoms with Crippen LogP contribution in [0.5, 0.6) is 5.75 Å². The Morgan fingerprint density at radius 2 is 2.16 bits per heavy atom. The van der Waals surface area contributed by atoms with Gasteiger partial charge in [0.25, 0.3) is 5.56 Å². The van der Waals surface area contributed by atoms with Crippen molar-refractivity contribution in [3.63, 3.8) is 0 Å². The van der Waals surface area contributed by atoms with Gasteiger partial charge in [-0.25, -0.2) is 0 Å². The third-order valence-electron chi connectivity index (χ3n) is 3.55. The number of aromatic nitrogens is 1. The molecule has 0 N–H and O–H groups in total. The Morgan fingerprint density at radius 3 is 3.00 bits per heavy atom. The molecular weight excluding hydrogens is 238 g/mol. The molecule has 0 saturated carbocycles. The van der Waals surface area contributed by atoms with Gasteiger partial charge < -0.3 is 9.30 Å². The molecule has 0 bridgehead atoms. The Labute approximate surface area is 112 Å². The minimum absolute atomic E-state index is 0.0736. The third kappa shape index (κ3) is 2.55. The predicted octanol–water partition coefficient (Wildman–Crippen LogP) is 2.33. The van der Waals surface area contributed by atoms with Gasteiger partial charge in [0.05, 0.1) is 6.61 Å². The van der Waals surface area contributed by atoms with Gasteiger partial charge >= 0.3 is 0 Å². The highest BCUT2D eigenvalue weighted by molar-refractivity contribution is 5.39. The quantitative estimate of drug-likeness (QED) is 0.843. The molecule has 0 amide bonds. The lowest BCUT2D eigenvalue weighted by atomic mass is 10.1. The van der Waals surface area contributed by atoms with Crippen LogP contribution < -0.4 is 10.3 Å². The highest BCUT2D eigenvalue weighted by Gasteiger charge is 2.11. The second-order valence-electron chi connectivity index (χ2n) is 5.03. The number of nitrogens with zero attached hydrogens (tertiary/aromatic N) is 1. The van der Waals surface area contributed by atoms with Crippen LogP contribution in [-0.2, 0) is 19.4 Å². The van der Waals surface area contributed by atoms with E-state index in [1.165, 1.54) is 11.1 Å². The fourth-order valence-electron chi connectivity index (χ4n) is 2.44. The van der Waals surface area contributed by atoms with Crippen molar-refractivity contribution in [3.05, 3.63) is 63.6 Å².